The molecule has 2 saturated carbocycles. The van der Waals surface area contributed by atoms with E-state index >= 15 is 0 Å². The number of hydrogen-bond acceptors (Lipinski definition) is 3. The molecule has 0 saturated heterocycles. The van der Waals surface area contributed by atoms with E-state index in [2.05, 4.69) is 44.0 Å². The van der Waals surface area contributed by atoms with Gasteiger partial charge in [0.2, 0.25) is 0 Å². The highest BCUT2D eigenvalue weighted by Gasteiger charge is 2.44. The number of halogens is 1. The number of nitrogens with one attached hydrogen (secondary N) is 1. The van der Waals surface area contributed by atoms with Gasteiger partial charge in [0.15, 0.2) is 0 Å². The fraction of sp³-hybridized carbons (Fsp3) is 0.714. The van der Waals surface area contributed by atoms with Gasteiger partial charge >= 0.3 is 0 Å². The number of nitrogens with zero attached hydrogens (tertiary/aromatic N) is 3. The maximum Gasteiger partial charge on any atom is 0.109 e. The van der Waals surface area contributed by atoms with Crippen LogP contribution in [0.4, 0.5) is 0 Å². The summed E-state index contributed by atoms with van der Waals surface area (Å²) in [4.78, 5) is 0. The normalized spacial score (nSPS) is 30.5. The summed E-state index contributed by atoms with van der Waals surface area (Å²) in [6.07, 6.45) is 5.27. The molecule has 19 heavy (non-hydrogen) atoms. The molecule has 0 spiro atoms. The van der Waals surface area contributed by atoms with Crippen molar-refractivity contribution in [1.29, 1.82) is 5.26 Å². The largest absolute Gasteiger partial charge is 0.297 e. The zero-order valence-corrected chi connectivity index (χ0v) is 13.0. The van der Waals surface area contributed by atoms with Crippen LogP contribution in [0.2, 0.25) is 0 Å². The van der Waals surface area contributed by atoms with Gasteiger partial charge in [-0.25, -0.2) is 0 Å². The van der Waals surface area contributed by atoms with E-state index < -0.39 is 0 Å². The van der Waals surface area contributed by atoms with E-state index in [0.29, 0.717) is 12.1 Å². The molecule has 1 N–H and O–H groups in total. The summed E-state index contributed by atoms with van der Waals surface area (Å²) in [6, 6.07) is 3.44. The topological polar surface area (TPSA) is 53.6 Å². The van der Waals surface area contributed by atoms with Crippen molar-refractivity contribution in [3.8, 4) is 6.07 Å². The highest BCUT2D eigenvalue weighted by atomic mass is 79.9. The molecule has 4 nitrogen and oxygen atoms in total. The number of hydrogen-bond donors (Lipinski definition) is 1. The predicted octanol–water partition coefficient (Wildman–Crippen LogP) is 3.00. The average Bonchev–Trinajstić information content (AvgIpc) is 3.05. The summed E-state index contributed by atoms with van der Waals surface area (Å²) in [6.45, 7) is 4.10. The third kappa shape index (κ3) is 2.32. The lowest BCUT2D eigenvalue weighted by Gasteiger charge is -2.23. The van der Waals surface area contributed by atoms with Crippen LogP contribution in [0.5, 0.6) is 0 Å². The molecule has 2 aliphatic carbocycles. The molecule has 1 aromatic rings. The lowest BCUT2D eigenvalue weighted by Crippen LogP contribution is -2.43. The molecule has 0 amide bonds. The monoisotopic (exact) mass is 322 g/mol. The molecular formula is C14H19BrN4. The number of nitriles is 1. The van der Waals surface area contributed by atoms with Crippen LogP contribution in [-0.4, -0.2) is 21.4 Å². The van der Waals surface area contributed by atoms with E-state index in [9.17, 15) is 5.26 Å². The van der Waals surface area contributed by atoms with Crippen LogP contribution in [0.3, 0.4) is 0 Å². The molecule has 3 rings (SSSR count). The first-order chi connectivity index (χ1) is 9.04. The van der Waals surface area contributed by atoms with Crippen LogP contribution < -0.4 is 5.32 Å². The van der Waals surface area contributed by atoms with Gasteiger partial charge in [0, 0.05) is 12.5 Å². The van der Waals surface area contributed by atoms with Gasteiger partial charge in [-0.2, -0.15) is 10.4 Å². The van der Waals surface area contributed by atoms with E-state index in [4.69, 9.17) is 0 Å². The van der Waals surface area contributed by atoms with Crippen molar-refractivity contribution >= 4 is 15.9 Å². The second kappa shape index (κ2) is 4.60. The number of rotatable bonds is 3. The van der Waals surface area contributed by atoms with Gasteiger partial charge in [-0.15, -0.1) is 0 Å². The second-order valence-corrected chi connectivity index (χ2v) is 6.73. The summed E-state index contributed by atoms with van der Waals surface area (Å²) in [5.74, 6) is 0. The van der Waals surface area contributed by atoms with Gasteiger partial charge in [-0.3, -0.25) is 10.00 Å². The Labute approximate surface area is 122 Å². The van der Waals surface area contributed by atoms with Gasteiger partial charge in [0.05, 0.1) is 28.0 Å². The van der Waals surface area contributed by atoms with Crippen LogP contribution in [0.1, 0.15) is 49.5 Å². The zero-order valence-electron chi connectivity index (χ0n) is 11.4. The standard InChI is InChI=1S/C14H19BrN4/c1-9-13(15)10(2)19(18-9)12-5-6-14(7-12,8-16)17-11-3-4-11/h11-12,17H,3-7H2,1-2H3. The molecule has 2 fully saturated rings. The van der Waals surface area contributed by atoms with Crippen molar-refractivity contribution in [3.63, 3.8) is 0 Å². The Kier molecular flexibility index (Phi) is 3.18. The molecule has 2 unspecified atom stereocenters. The Morgan fingerprint density at radius 2 is 2.16 bits per heavy atom. The van der Waals surface area contributed by atoms with E-state index in [0.717, 1.165) is 29.4 Å². The molecule has 0 bridgehead atoms. The van der Waals surface area contributed by atoms with E-state index in [1.54, 1.807) is 0 Å². The zero-order chi connectivity index (χ0) is 13.6. The lowest BCUT2D eigenvalue weighted by atomic mass is 9.99. The van der Waals surface area contributed by atoms with E-state index in [1.807, 2.05) is 6.92 Å². The smallest absolute Gasteiger partial charge is 0.109 e. The summed E-state index contributed by atoms with van der Waals surface area (Å²) in [5, 5.41) is 17.7. The number of aryl methyl sites for hydroxylation is 1. The quantitative estimate of drug-likeness (QED) is 0.930. The van der Waals surface area contributed by atoms with Gasteiger partial charge in [-0.1, -0.05) is 0 Å². The molecule has 0 radical (unpaired) electrons. The van der Waals surface area contributed by atoms with Crippen molar-refractivity contribution in [2.24, 2.45) is 0 Å². The summed E-state index contributed by atoms with van der Waals surface area (Å²) in [5.41, 5.74) is 1.87. The molecule has 102 valence electrons. The van der Waals surface area contributed by atoms with Crippen molar-refractivity contribution in [3.05, 3.63) is 15.9 Å². The predicted molar refractivity (Wildman–Crippen MR) is 76.8 cm³/mol. The second-order valence-electron chi connectivity index (χ2n) is 5.94. The first kappa shape index (κ1) is 13.1. The Hall–Kier alpha value is -0.860. The van der Waals surface area contributed by atoms with Crippen molar-refractivity contribution in [2.45, 2.75) is 63.6 Å². The summed E-state index contributed by atoms with van der Waals surface area (Å²) < 4.78 is 3.20. The summed E-state index contributed by atoms with van der Waals surface area (Å²) in [7, 11) is 0. The Balaban J connectivity index is 1.80. The Morgan fingerprint density at radius 1 is 1.42 bits per heavy atom. The highest BCUT2D eigenvalue weighted by Crippen LogP contribution is 2.40. The SMILES string of the molecule is Cc1nn(C2CCC(C#N)(NC3CC3)C2)c(C)c1Br. The van der Waals surface area contributed by atoms with Crippen LogP contribution in [-0.2, 0) is 0 Å². The van der Waals surface area contributed by atoms with Gasteiger partial charge in [0.25, 0.3) is 0 Å². The van der Waals surface area contributed by atoms with E-state index in [-0.39, 0.29) is 5.54 Å². The first-order valence-electron chi connectivity index (χ1n) is 6.95. The first-order valence-corrected chi connectivity index (χ1v) is 7.74. The molecule has 5 heteroatoms. The third-order valence-electron chi connectivity index (χ3n) is 4.34. The Bertz CT molecular complexity index is 540. The lowest BCUT2D eigenvalue weighted by molar-refractivity contribution is 0.382. The summed E-state index contributed by atoms with van der Waals surface area (Å²) >= 11 is 3.58. The third-order valence-corrected chi connectivity index (χ3v) is 5.49. The molecule has 2 aliphatic rings. The number of aromatic nitrogens is 2. The van der Waals surface area contributed by atoms with Crippen molar-refractivity contribution in [2.75, 3.05) is 0 Å². The van der Waals surface area contributed by atoms with Gasteiger partial charge in [-0.05, 0) is 55.5 Å². The highest BCUT2D eigenvalue weighted by molar-refractivity contribution is 9.10. The fourth-order valence-corrected chi connectivity index (χ4v) is 3.37. The maximum absolute atomic E-state index is 9.54. The molecule has 2 atom stereocenters. The van der Waals surface area contributed by atoms with Crippen LogP contribution in [0.15, 0.2) is 4.47 Å². The molecular weight excluding hydrogens is 304 g/mol. The molecule has 1 heterocycles. The minimum Gasteiger partial charge on any atom is -0.297 e. The minimum atomic E-state index is -0.329. The average molecular weight is 323 g/mol. The molecule has 0 aliphatic heterocycles. The van der Waals surface area contributed by atoms with Crippen LogP contribution >= 0.6 is 15.9 Å². The van der Waals surface area contributed by atoms with Gasteiger partial charge in [0.1, 0.15) is 5.54 Å². The molecule has 1 aromatic heterocycles. The van der Waals surface area contributed by atoms with Crippen LogP contribution in [0.25, 0.3) is 0 Å². The van der Waals surface area contributed by atoms with E-state index in [1.165, 1.54) is 18.5 Å². The Morgan fingerprint density at radius 3 is 2.68 bits per heavy atom. The molecule has 0 aromatic carbocycles. The fourth-order valence-electron chi connectivity index (χ4n) is 3.11. The van der Waals surface area contributed by atoms with Crippen molar-refractivity contribution in [1.82, 2.24) is 15.1 Å². The van der Waals surface area contributed by atoms with Crippen LogP contribution in [0, 0.1) is 25.2 Å². The maximum atomic E-state index is 9.54. The minimum absolute atomic E-state index is 0.329. The van der Waals surface area contributed by atoms with Crippen molar-refractivity contribution < 1.29 is 0 Å². The van der Waals surface area contributed by atoms with Gasteiger partial charge < -0.3 is 0 Å².